The van der Waals surface area contributed by atoms with Gasteiger partial charge in [0.05, 0.1) is 5.69 Å². The van der Waals surface area contributed by atoms with Gasteiger partial charge in [0.1, 0.15) is 5.82 Å². The molecular weight excluding hydrogens is 428 g/mol. The summed E-state index contributed by atoms with van der Waals surface area (Å²) in [6, 6.07) is 8.71. The molecule has 1 aromatic heterocycles. The van der Waals surface area contributed by atoms with Gasteiger partial charge in [0, 0.05) is 29.1 Å². The summed E-state index contributed by atoms with van der Waals surface area (Å²) in [5, 5.41) is 7.21. The maximum atomic E-state index is 5.13. The van der Waals surface area contributed by atoms with E-state index in [0.29, 0.717) is 23.7 Å². The Morgan fingerprint density at radius 1 is 1.06 bits per heavy atom. The molecule has 35 heavy (non-hydrogen) atoms. The van der Waals surface area contributed by atoms with Crippen LogP contribution in [-0.2, 0) is 13.0 Å². The standard InChI is InChI=1S/C31H42N4/c1-8-27(19(2)3)33-24-15-13-23(14-16-24)18-32-30-26-17-12-22(7)29(26)34-31(35-30)25-11-9-10-21(6)28(25)20(4)5/h8-9,11,13-16,19-22,33H,10,12,17-18H2,1-7H3,(H,32,34,35)/b27-8-. The number of nitrogens with one attached hydrogen (secondary N) is 2. The molecular formula is C31H42N4. The van der Waals surface area contributed by atoms with E-state index < -0.39 is 0 Å². The zero-order valence-corrected chi connectivity index (χ0v) is 22.6. The Balaban J connectivity index is 1.59. The van der Waals surface area contributed by atoms with E-state index in [-0.39, 0.29) is 0 Å². The van der Waals surface area contributed by atoms with Gasteiger partial charge < -0.3 is 10.6 Å². The molecule has 2 aliphatic rings. The van der Waals surface area contributed by atoms with Crippen LogP contribution < -0.4 is 10.6 Å². The van der Waals surface area contributed by atoms with Gasteiger partial charge in [-0.2, -0.15) is 0 Å². The minimum absolute atomic E-state index is 0.478. The molecule has 0 bridgehead atoms. The zero-order chi connectivity index (χ0) is 25.1. The largest absolute Gasteiger partial charge is 0.366 e. The van der Waals surface area contributed by atoms with Crippen molar-refractivity contribution in [3.63, 3.8) is 0 Å². The normalized spacial score (nSPS) is 20.1. The monoisotopic (exact) mass is 470 g/mol. The molecule has 1 aromatic carbocycles. The van der Waals surface area contributed by atoms with E-state index >= 15 is 0 Å². The lowest BCUT2D eigenvalue weighted by molar-refractivity contribution is 0.586. The van der Waals surface area contributed by atoms with Crippen LogP contribution in [0.25, 0.3) is 5.57 Å². The van der Waals surface area contributed by atoms with Crippen molar-refractivity contribution in [1.29, 1.82) is 0 Å². The number of anilines is 2. The van der Waals surface area contributed by atoms with Gasteiger partial charge in [-0.05, 0) is 67.6 Å². The molecule has 2 atom stereocenters. The topological polar surface area (TPSA) is 49.8 Å². The van der Waals surface area contributed by atoms with Crippen LogP contribution in [0.1, 0.15) is 89.9 Å². The van der Waals surface area contributed by atoms with E-state index in [1.54, 1.807) is 0 Å². The first-order chi connectivity index (χ1) is 16.8. The van der Waals surface area contributed by atoms with Crippen LogP contribution in [0, 0.1) is 17.8 Å². The Morgan fingerprint density at radius 3 is 2.46 bits per heavy atom. The highest BCUT2D eigenvalue weighted by molar-refractivity contribution is 5.75. The molecule has 4 rings (SSSR count). The maximum absolute atomic E-state index is 5.13. The number of hydrogen-bond acceptors (Lipinski definition) is 4. The molecule has 2 aliphatic carbocycles. The Kier molecular flexibility index (Phi) is 7.78. The summed E-state index contributed by atoms with van der Waals surface area (Å²) in [6.07, 6.45) is 9.98. The molecule has 2 N–H and O–H groups in total. The third-order valence-electron chi connectivity index (χ3n) is 7.45. The van der Waals surface area contributed by atoms with Crippen molar-refractivity contribution in [1.82, 2.24) is 9.97 Å². The summed E-state index contributed by atoms with van der Waals surface area (Å²) in [7, 11) is 0. The van der Waals surface area contributed by atoms with Crippen molar-refractivity contribution in [3.05, 3.63) is 76.4 Å². The first-order valence-corrected chi connectivity index (χ1v) is 13.4. The summed E-state index contributed by atoms with van der Waals surface area (Å²) in [4.78, 5) is 10.2. The molecule has 4 nitrogen and oxygen atoms in total. The van der Waals surface area contributed by atoms with Crippen LogP contribution in [0.2, 0.25) is 0 Å². The van der Waals surface area contributed by atoms with Gasteiger partial charge in [-0.3, -0.25) is 0 Å². The number of rotatable bonds is 8. The van der Waals surface area contributed by atoms with Gasteiger partial charge in [0.2, 0.25) is 0 Å². The van der Waals surface area contributed by atoms with Crippen LogP contribution in [0.15, 0.2) is 53.8 Å². The van der Waals surface area contributed by atoms with E-state index in [0.717, 1.165) is 43.1 Å². The van der Waals surface area contributed by atoms with Crippen LogP contribution in [0.3, 0.4) is 0 Å². The molecule has 2 unspecified atom stereocenters. The Hall–Kier alpha value is -2.88. The predicted octanol–water partition coefficient (Wildman–Crippen LogP) is 8.12. The summed E-state index contributed by atoms with van der Waals surface area (Å²) < 4.78 is 0. The lowest BCUT2D eigenvalue weighted by atomic mass is 9.81. The van der Waals surface area contributed by atoms with E-state index in [9.17, 15) is 0 Å². The van der Waals surface area contributed by atoms with Gasteiger partial charge in [0.25, 0.3) is 0 Å². The Morgan fingerprint density at radius 2 is 1.80 bits per heavy atom. The highest BCUT2D eigenvalue weighted by Gasteiger charge is 2.28. The van der Waals surface area contributed by atoms with Gasteiger partial charge >= 0.3 is 0 Å². The zero-order valence-electron chi connectivity index (χ0n) is 22.6. The van der Waals surface area contributed by atoms with Crippen molar-refractivity contribution in [2.75, 3.05) is 10.6 Å². The minimum atomic E-state index is 0.478. The third-order valence-corrected chi connectivity index (χ3v) is 7.45. The van der Waals surface area contributed by atoms with Crippen LogP contribution in [0.5, 0.6) is 0 Å². The third kappa shape index (κ3) is 5.52. The fourth-order valence-corrected chi connectivity index (χ4v) is 5.49. The first kappa shape index (κ1) is 25.2. The lowest BCUT2D eigenvalue weighted by Gasteiger charge is -2.25. The van der Waals surface area contributed by atoms with Crippen molar-refractivity contribution in [3.8, 4) is 0 Å². The second-order valence-electron chi connectivity index (χ2n) is 10.8. The second-order valence-corrected chi connectivity index (χ2v) is 10.8. The van der Waals surface area contributed by atoms with E-state index in [1.165, 1.54) is 33.7 Å². The lowest BCUT2D eigenvalue weighted by Crippen LogP contribution is -2.14. The number of allylic oxidation sites excluding steroid dienone is 6. The van der Waals surface area contributed by atoms with Gasteiger partial charge in [0.15, 0.2) is 5.82 Å². The molecule has 0 fully saturated rings. The molecule has 0 aliphatic heterocycles. The van der Waals surface area contributed by atoms with Gasteiger partial charge in [-0.25, -0.2) is 9.97 Å². The van der Waals surface area contributed by atoms with Crippen molar-refractivity contribution in [2.24, 2.45) is 17.8 Å². The number of fused-ring (bicyclic) bond motifs is 1. The molecule has 1 heterocycles. The fraction of sp³-hybridized carbons (Fsp3) is 0.484. The van der Waals surface area contributed by atoms with Crippen LogP contribution in [0.4, 0.5) is 11.5 Å². The molecule has 0 spiro atoms. The molecule has 4 heteroatoms. The summed E-state index contributed by atoms with van der Waals surface area (Å²) in [5.41, 5.74) is 8.85. The summed E-state index contributed by atoms with van der Waals surface area (Å²) >= 11 is 0. The molecule has 0 saturated heterocycles. The van der Waals surface area contributed by atoms with Crippen molar-refractivity contribution >= 4 is 17.1 Å². The average Bonchev–Trinajstić information content (AvgIpc) is 3.21. The van der Waals surface area contributed by atoms with Crippen molar-refractivity contribution < 1.29 is 0 Å². The fourth-order valence-electron chi connectivity index (χ4n) is 5.49. The number of nitrogens with zero attached hydrogens (tertiary/aromatic N) is 2. The predicted molar refractivity (Wildman–Crippen MR) is 149 cm³/mol. The summed E-state index contributed by atoms with van der Waals surface area (Å²) in [5.74, 6) is 3.88. The SMILES string of the molecule is C/C=C(\Nc1ccc(CNc2nc(C3=C(C(C)C)C(C)CC=C3)nc3c2CCC3C)cc1)C(C)C. The minimum Gasteiger partial charge on any atom is -0.366 e. The van der Waals surface area contributed by atoms with E-state index in [4.69, 9.17) is 9.97 Å². The van der Waals surface area contributed by atoms with Crippen LogP contribution in [-0.4, -0.2) is 9.97 Å². The molecule has 0 radical (unpaired) electrons. The highest BCUT2D eigenvalue weighted by Crippen LogP contribution is 2.39. The average molecular weight is 471 g/mol. The number of benzene rings is 1. The van der Waals surface area contributed by atoms with Crippen molar-refractivity contribution in [2.45, 2.75) is 80.2 Å². The van der Waals surface area contributed by atoms with Gasteiger partial charge in [-0.1, -0.05) is 77.5 Å². The number of hydrogen-bond donors (Lipinski definition) is 2. The van der Waals surface area contributed by atoms with Crippen LogP contribution >= 0.6 is 0 Å². The van der Waals surface area contributed by atoms with E-state index in [2.05, 4.69) is 102 Å². The number of aromatic nitrogens is 2. The molecule has 186 valence electrons. The molecule has 2 aromatic rings. The smallest absolute Gasteiger partial charge is 0.161 e. The molecule has 0 amide bonds. The van der Waals surface area contributed by atoms with Gasteiger partial charge in [-0.15, -0.1) is 0 Å². The quantitative estimate of drug-likeness (QED) is 0.409. The van der Waals surface area contributed by atoms with E-state index in [1.807, 2.05) is 0 Å². The maximum Gasteiger partial charge on any atom is 0.161 e. The highest BCUT2D eigenvalue weighted by atomic mass is 15.0. The second kappa shape index (κ2) is 10.8. The Labute approximate surface area is 212 Å². The summed E-state index contributed by atoms with van der Waals surface area (Å²) in [6.45, 7) is 16.5. The molecule has 0 saturated carbocycles. The first-order valence-electron chi connectivity index (χ1n) is 13.4. The Bertz CT molecular complexity index is 1140.